The molecule has 2 amide bonds. The molecule has 0 fully saturated rings. The Morgan fingerprint density at radius 2 is 1.69 bits per heavy atom. The highest BCUT2D eigenvalue weighted by Gasteiger charge is 2.13. The van der Waals surface area contributed by atoms with Gasteiger partial charge in [0, 0.05) is 29.6 Å². The summed E-state index contributed by atoms with van der Waals surface area (Å²) in [5.74, 6) is 0.0375. The van der Waals surface area contributed by atoms with E-state index in [0.717, 1.165) is 16.7 Å². The number of anilines is 1. The number of hydrogen-bond donors (Lipinski definition) is 2. The summed E-state index contributed by atoms with van der Waals surface area (Å²) < 4.78 is 5.29. The van der Waals surface area contributed by atoms with E-state index in [2.05, 4.69) is 15.6 Å². The maximum Gasteiger partial charge on any atom is 0.270 e. The highest BCUT2D eigenvalue weighted by Crippen LogP contribution is 2.17. The Labute approximate surface area is 169 Å². The molecule has 29 heavy (non-hydrogen) atoms. The molecule has 1 heterocycles. The van der Waals surface area contributed by atoms with Gasteiger partial charge in [-0.1, -0.05) is 24.3 Å². The molecular formula is C23H23N3O3. The van der Waals surface area contributed by atoms with Crippen molar-refractivity contribution in [3.8, 4) is 5.75 Å². The van der Waals surface area contributed by atoms with Gasteiger partial charge in [-0.2, -0.15) is 0 Å². The van der Waals surface area contributed by atoms with E-state index in [1.165, 1.54) is 12.3 Å². The average molecular weight is 389 g/mol. The van der Waals surface area contributed by atoms with Crippen LogP contribution in [0, 0.1) is 13.8 Å². The lowest BCUT2D eigenvalue weighted by molar-refractivity contribution is 0.0945. The van der Waals surface area contributed by atoms with Crippen LogP contribution in [0.4, 0.5) is 5.69 Å². The Bertz CT molecular complexity index is 1030. The number of hydrogen-bond acceptors (Lipinski definition) is 4. The highest BCUT2D eigenvalue weighted by atomic mass is 16.5. The fourth-order valence-corrected chi connectivity index (χ4v) is 3.06. The zero-order valence-corrected chi connectivity index (χ0v) is 16.7. The van der Waals surface area contributed by atoms with Crippen LogP contribution in [0.3, 0.4) is 0 Å². The molecule has 0 radical (unpaired) electrons. The summed E-state index contributed by atoms with van der Waals surface area (Å²) in [5.41, 5.74) is 4.23. The van der Waals surface area contributed by atoms with Gasteiger partial charge in [0.2, 0.25) is 0 Å². The van der Waals surface area contributed by atoms with E-state index in [0.29, 0.717) is 23.5 Å². The van der Waals surface area contributed by atoms with Crippen LogP contribution in [-0.4, -0.2) is 23.9 Å². The summed E-state index contributed by atoms with van der Waals surface area (Å²) in [6.45, 7) is 4.24. The number of nitrogens with zero attached hydrogens (tertiary/aromatic N) is 1. The molecule has 3 rings (SSSR count). The number of carbonyl (C=O) groups is 2. The van der Waals surface area contributed by atoms with E-state index < -0.39 is 0 Å². The first-order chi connectivity index (χ1) is 14.0. The van der Waals surface area contributed by atoms with Crippen molar-refractivity contribution in [2.45, 2.75) is 20.4 Å². The number of methoxy groups -OCH3 is 1. The maximum atomic E-state index is 12.6. The Morgan fingerprint density at radius 1 is 0.966 bits per heavy atom. The lowest BCUT2D eigenvalue weighted by atomic mass is 10.1. The molecular weight excluding hydrogens is 366 g/mol. The Balaban J connectivity index is 1.69. The molecule has 3 aromatic rings. The van der Waals surface area contributed by atoms with Crippen molar-refractivity contribution in [2.75, 3.05) is 12.4 Å². The topological polar surface area (TPSA) is 80.3 Å². The smallest absolute Gasteiger partial charge is 0.270 e. The van der Waals surface area contributed by atoms with Crippen LogP contribution in [0.25, 0.3) is 0 Å². The van der Waals surface area contributed by atoms with Gasteiger partial charge in [-0.15, -0.1) is 0 Å². The largest absolute Gasteiger partial charge is 0.496 e. The van der Waals surface area contributed by atoms with Gasteiger partial charge in [0.1, 0.15) is 11.4 Å². The second kappa shape index (κ2) is 9.01. The summed E-state index contributed by atoms with van der Waals surface area (Å²) in [6.07, 6.45) is 1.45. The molecule has 2 aromatic carbocycles. The SMILES string of the molecule is COc1ccccc1CNC(=O)c1cc(C(=O)Nc2cc(C)cc(C)c2)ccn1. The van der Waals surface area contributed by atoms with Gasteiger partial charge in [-0.25, -0.2) is 0 Å². The van der Waals surface area contributed by atoms with Crippen molar-refractivity contribution in [3.63, 3.8) is 0 Å². The number of amides is 2. The fraction of sp³-hybridized carbons (Fsp3) is 0.174. The normalized spacial score (nSPS) is 10.3. The number of nitrogens with one attached hydrogen (secondary N) is 2. The molecule has 2 N–H and O–H groups in total. The Morgan fingerprint density at radius 3 is 2.41 bits per heavy atom. The standard InChI is InChI=1S/C23H23N3O3/c1-15-10-16(2)12-19(11-15)26-22(27)17-8-9-24-20(13-17)23(28)25-14-18-6-4-5-7-21(18)29-3/h4-13H,14H2,1-3H3,(H,25,28)(H,26,27). The van der Waals surface area contributed by atoms with Gasteiger partial charge in [-0.3, -0.25) is 14.6 Å². The highest BCUT2D eigenvalue weighted by molar-refractivity contribution is 6.05. The lowest BCUT2D eigenvalue weighted by Crippen LogP contribution is -2.24. The van der Waals surface area contributed by atoms with Crippen LogP contribution in [0.1, 0.15) is 37.5 Å². The third-order valence-electron chi connectivity index (χ3n) is 4.37. The predicted octanol–water partition coefficient (Wildman–Crippen LogP) is 3.89. The number of para-hydroxylation sites is 1. The minimum absolute atomic E-state index is 0.174. The zero-order valence-electron chi connectivity index (χ0n) is 16.7. The van der Waals surface area contributed by atoms with Crippen molar-refractivity contribution < 1.29 is 14.3 Å². The summed E-state index contributed by atoms with van der Waals surface area (Å²) in [6, 6.07) is 16.3. The monoisotopic (exact) mass is 389 g/mol. The minimum Gasteiger partial charge on any atom is -0.496 e. The molecule has 0 atom stereocenters. The molecule has 148 valence electrons. The lowest BCUT2D eigenvalue weighted by Gasteiger charge is -2.10. The van der Waals surface area contributed by atoms with Crippen LogP contribution in [0.2, 0.25) is 0 Å². The van der Waals surface area contributed by atoms with Gasteiger partial charge in [0.05, 0.1) is 7.11 Å². The van der Waals surface area contributed by atoms with Crippen LogP contribution in [0.5, 0.6) is 5.75 Å². The van der Waals surface area contributed by atoms with Crippen molar-refractivity contribution in [3.05, 3.63) is 88.7 Å². The summed E-state index contributed by atoms with van der Waals surface area (Å²) in [7, 11) is 1.58. The fourth-order valence-electron chi connectivity index (χ4n) is 3.06. The number of aryl methyl sites for hydroxylation is 2. The first-order valence-electron chi connectivity index (χ1n) is 9.22. The summed E-state index contributed by atoms with van der Waals surface area (Å²) >= 11 is 0. The van der Waals surface area contributed by atoms with Gasteiger partial charge in [-0.05, 0) is 55.3 Å². The molecule has 0 aliphatic rings. The predicted molar refractivity (Wildman–Crippen MR) is 112 cm³/mol. The van der Waals surface area contributed by atoms with Gasteiger partial charge >= 0.3 is 0 Å². The van der Waals surface area contributed by atoms with Crippen LogP contribution in [-0.2, 0) is 6.54 Å². The van der Waals surface area contributed by atoms with Crippen LogP contribution >= 0.6 is 0 Å². The number of pyridine rings is 1. The summed E-state index contributed by atoms with van der Waals surface area (Å²) in [4.78, 5) is 29.2. The maximum absolute atomic E-state index is 12.6. The molecule has 0 saturated heterocycles. The molecule has 6 heteroatoms. The quantitative estimate of drug-likeness (QED) is 0.670. The van der Waals surface area contributed by atoms with E-state index >= 15 is 0 Å². The third kappa shape index (κ3) is 5.19. The van der Waals surface area contributed by atoms with E-state index in [1.54, 1.807) is 13.2 Å². The van der Waals surface area contributed by atoms with Crippen molar-refractivity contribution in [1.82, 2.24) is 10.3 Å². The number of carbonyl (C=O) groups excluding carboxylic acids is 2. The van der Waals surface area contributed by atoms with E-state index in [4.69, 9.17) is 4.74 Å². The molecule has 6 nitrogen and oxygen atoms in total. The number of benzene rings is 2. The van der Waals surface area contributed by atoms with Crippen LogP contribution < -0.4 is 15.4 Å². The average Bonchev–Trinajstić information content (AvgIpc) is 2.71. The van der Waals surface area contributed by atoms with Gasteiger partial charge < -0.3 is 15.4 Å². The summed E-state index contributed by atoms with van der Waals surface area (Å²) in [5, 5.41) is 5.67. The zero-order chi connectivity index (χ0) is 20.8. The van der Waals surface area contributed by atoms with E-state index in [9.17, 15) is 9.59 Å². The second-order valence-corrected chi connectivity index (χ2v) is 6.75. The molecule has 0 bridgehead atoms. The first kappa shape index (κ1) is 20.1. The van der Waals surface area contributed by atoms with Crippen molar-refractivity contribution >= 4 is 17.5 Å². The minimum atomic E-state index is -0.364. The Hall–Kier alpha value is -3.67. The van der Waals surface area contributed by atoms with Gasteiger partial charge in [0.15, 0.2) is 0 Å². The third-order valence-corrected chi connectivity index (χ3v) is 4.37. The van der Waals surface area contributed by atoms with Crippen LogP contribution in [0.15, 0.2) is 60.8 Å². The number of rotatable bonds is 6. The molecule has 0 saturated carbocycles. The van der Waals surface area contributed by atoms with Crippen molar-refractivity contribution in [2.24, 2.45) is 0 Å². The molecule has 0 aliphatic heterocycles. The molecule has 0 aliphatic carbocycles. The molecule has 0 unspecified atom stereocenters. The molecule has 0 spiro atoms. The molecule has 1 aromatic heterocycles. The van der Waals surface area contributed by atoms with E-state index in [1.807, 2.05) is 56.3 Å². The van der Waals surface area contributed by atoms with E-state index in [-0.39, 0.29) is 17.5 Å². The second-order valence-electron chi connectivity index (χ2n) is 6.75. The number of aromatic nitrogens is 1. The Kier molecular flexibility index (Phi) is 6.24. The van der Waals surface area contributed by atoms with Gasteiger partial charge in [0.25, 0.3) is 11.8 Å². The number of ether oxygens (including phenoxy) is 1. The van der Waals surface area contributed by atoms with Crippen molar-refractivity contribution in [1.29, 1.82) is 0 Å². The first-order valence-corrected chi connectivity index (χ1v) is 9.22.